The normalized spacial score (nSPS) is 11.4. The summed E-state index contributed by atoms with van der Waals surface area (Å²) in [5.74, 6) is 0. The first kappa shape index (κ1) is 12.0. The van der Waals surface area contributed by atoms with Gasteiger partial charge in [-0.05, 0) is 19.3 Å². The number of hydrogen-bond donors (Lipinski definition) is 1. The second-order valence-corrected chi connectivity index (χ2v) is 3.03. The van der Waals surface area contributed by atoms with E-state index in [4.69, 9.17) is 5.73 Å². The van der Waals surface area contributed by atoms with E-state index in [0.717, 1.165) is 31.5 Å². The van der Waals surface area contributed by atoms with Gasteiger partial charge in [0.15, 0.2) is 0 Å². The highest BCUT2D eigenvalue weighted by Crippen LogP contribution is 2.12. The van der Waals surface area contributed by atoms with Crippen molar-refractivity contribution in [2.75, 3.05) is 6.54 Å². The van der Waals surface area contributed by atoms with Crippen LogP contribution in [0.5, 0.6) is 0 Å². The Bertz CT molecular complexity index is 164. The monoisotopic (exact) mass is 183 g/mol. The molecule has 0 rings (SSSR count). The molecule has 0 radical (unpaired) electrons. The Morgan fingerprint density at radius 2 is 2.15 bits per heavy atom. The molecule has 0 aliphatic heterocycles. The Morgan fingerprint density at radius 1 is 1.46 bits per heavy atom. The Morgan fingerprint density at radius 3 is 2.54 bits per heavy atom. The highest BCUT2D eigenvalue weighted by Gasteiger charge is 2.04. The number of unbranched alkanes of at least 4 members (excludes halogenated alkanes) is 1. The van der Waals surface area contributed by atoms with Gasteiger partial charge in [-0.1, -0.05) is 20.3 Å². The van der Waals surface area contributed by atoms with Gasteiger partial charge in [-0.3, -0.25) is 5.01 Å². The molecule has 0 aliphatic rings. The van der Waals surface area contributed by atoms with Crippen molar-refractivity contribution >= 4 is 6.72 Å². The number of nitrogens with two attached hydrogens (primary N) is 1. The molecule has 2 N–H and O–H groups in total. The van der Waals surface area contributed by atoms with E-state index in [1.807, 2.05) is 5.01 Å². The fourth-order valence-electron chi connectivity index (χ4n) is 1.17. The predicted octanol–water partition coefficient (Wildman–Crippen LogP) is 2.30. The molecule has 76 valence electrons. The zero-order valence-electron chi connectivity index (χ0n) is 8.79. The third kappa shape index (κ3) is 4.55. The van der Waals surface area contributed by atoms with Crippen LogP contribution in [-0.2, 0) is 0 Å². The molecule has 0 atom stereocenters. The SMILES string of the molecule is C=NN(CCC)/C(=C\N)CCCC. The van der Waals surface area contributed by atoms with E-state index >= 15 is 0 Å². The van der Waals surface area contributed by atoms with E-state index in [-0.39, 0.29) is 0 Å². The molecule has 3 nitrogen and oxygen atoms in total. The van der Waals surface area contributed by atoms with Gasteiger partial charge in [0.2, 0.25) is 0 Å². The highest BCUT2D eigenvalue weighted by molar-refractivity contribution is 5.23. The minimum Gasteiger partial charge on any atom is -0.403 e. The van der Waals surface area contributed by atoms with Crippen LogP contribution in [0.1, 0.15) is 39.5 Å². The fourth-order valence-corrected chi connectivity index (χ4v) is 1.17. The first-order chi connectivity index (χ1) is 6.29. The highest BCUT2D eigenvalue weighted by atomic mass is 15.4. The number of rotatable bonds is 7. The van der Waals surface area contributed by atoms with Crippen LogP contribution in [0.15, 0.2) is 17.0 Å². The first-order valence-corrected chi connectivity index (χ1v) is 4.95. The zero-order chi connectivity index (χ0) is 10.1. The summed E-state index contributed by atoms with van der Waals surface area (Å²) < 4.78 is 0. The van der Waals surface area contributed by atoms with Gasteiger partial charge >= 0.3 is 0 Å². The Hall–Kier alpha value is -0.990. The number of hydrogen-bond acceptors (Lipinski definition) is 3. The van der Waals surface area contributed by atoms with Crippen LogP contribution in [0.2, 0.25) is 0 Å². The average Bonchev–Trinajstić information content (AvgIpc) is 2.17. The van der Waals surface area contributed by atoms with Crippen LogP contribution in [0.4, 0.5) is 0 Å². The van der Waals surface area contributed by atoms with E-state index in [9.17, 15) is 0 Å². The number of allylic oxidation sites excluding steroid dienone is 1. The maximum Gasteiger partial charge on any atom is 0.0522 e. The zero-order valence-corrected chi connectivity index (χ0v) is 8.79. The summed E-state index contributed by atoms with van der Waals surface area (Å²) in [5, 5.41) is 5.82. The van der Waals surface area contributed by atoms with Gasteiger partial charge in [-0.25, -0.2) is 0 Å². The fraction of sp³-hybridized carbons (Fsp3) is 0.700. The van der Waals surface area contributed by atoms with Crippen molar-refractivity contribution < 1.29 is 0 Å². The molecule has 0 spiro atoms. The summed E-state index contributed by atoms with van der Waals surface area (Å²) in [6.07, 6.45) is 6.02. The topological polar surface area (TPSA) is 41.6 Å². The molecule has 0 bridgehead atoms. The molecule has 0 unspecified atom stereocenters. The standard InChI is InChI=1S/C10H21N3/c1-4-6-7-10(9-11)13(12-3)8-5-2/h9H,3-8,11H2,1-2H3/b10-9-. The Kier molecular flexibility index (Phi) is 7.07. The van der Waals surface area contributed by atoms with Crippen molar-refractivity contribution in [1.82, 2.24) is 5.01 Å². The summed E-state index contributed by atoms with van der Waals surface area (Å²) in [6, 6.07) is 0. The second kappa shape index (κ2) is 7.65. The third-order valence-electron chi connectivity index (χ3n) is 1.92. The van der Waals surface area contributed by atoms with Gasteiger partial charge < -0.3 is 5.73 Å². The molecule has 0 saturated heterocycles. The van der Waals surface area contributed by atoms with Gasteiger partial charge in [-0.15, -0.1) is 0 Å². The summed E-state index contributed by atoms with van der Waals surface area (Å²) in [7, 11) is 0. The second-order valence-electron chi connectivity index (χ2n) is 3.03. The summed E-state index contributed by atoms with van der Waals surface area (Å²) in [4.78, 5) is 0. The van der Waals surface area contributed by atoms with Gasteiger partial charge in [0.25, 0.3) is 0 Å². The molecular weight excluding hydrogens is 162 g/mol. The van der Waals surface area contributed by atoms with E-state index < -0.39 is 0 Å². The molecule has 0 aromatic rings. The molecule has 0 saturated carbocycles. The maximum absolute atomic E-state index is 5.53. The largest absolute Gasteiger partial charge is 0.403 e. The smallest absolute Gasteiger partial charge is 0.0522 e. The van der Waals surface area contributed by atoms with Gasteiger partial charge in [0.05, 0.1) is 5.70 Å². The number of hydrazone groups is 1. The molecule has 0 heterocycles. The predicted molar refractivity (Wildman–Crippen MR) is 58.3 cm³/mol. The van der Waals surface area contributed by atoms with Gasteiger partial charge in [0, 0.05) is 19.5 Å². The minimum absolute atomic E-state index is 0.899. The molecule has 0 aliphatic carbocycles. The molecule has 0 fully saturated rings. The molecule has 0 amide bonds. The molecule has 0 aromatic heterocycles. The summed E-state index contributed by atoms with van der Waals surface area (Å²) in [5.41, 5.74) is 6.61. The van der Waals surface area contributed by atoms with E-state index in [1.165, 1.54) is 6.42 Å². The quantitative estimate of drug-likeness (QED) is 0.486. The van der Waals surface area contributed by atoms with Crippen molar-refractivity contribution in [3.05, 3.63) is 11.9 Å². The van der Waals surface area contributed by atoms with E-state index in [1.54, 1.807) is 6.20 Å². The number of nitrogens with zero attached hydrogens (tertiary/aromatic N) is 2. The third-order valence-corrected chi connectivity index (χ3v) is 1.92. The minimum atomic E-state index is 0.899. The Balaban J connectivity index is 4.09. The van der Waals surface area contributed by atoms with E-state index in [0.29, 0.717) is 0 Å². The molecule has 0 aromatic carbocycles. The summed E-state index contributed by atoms with van der Waals surface area (Å²) >= 11 is 0. The molecule has 13 heavy (non-hydrogen) atoms. The van der Waals surface area contributed by atoms with Crippen LogP contribution in [0, 0.1) is 0 Å². The Labute approximate surface area is 81.3 Å². The van der Waals surface area contributed by atoms with Gasteiger partial charge in [-0.2, -0.15) is 5.10 Å². The van der Waals surface area contributed by atoms with Crippen molar-refractivity contribution in [3.63, 3.8) is 0 Å². The van der Waals surface area contributed by atoms with Crippen molar-refractivity contribution in [1.29, 1.82) is 0 Å². The van der Waals surface area contributed by atoms with Crippen LogP contribution in [0.3, 0.4) is 0 Å². The lowest BCUT2D eigenvalue weighted by Crippen LogP contribution is -2.18. The lowest BCUT2D eigenvalue weighted by atomic mass is 10.2. The van der Waals surface area contributed by atoms with Crippen molar-refractivity contribution in [2.24, 2.45) is 10.8 Å². The van der Waals surface area contributed by atoms with Crippen molar-refractivity contribution in [3.8, 4) is 0 Å². The van der Waals surface area contributed by atoms with Crippen LogP contribution in [-0.4, -0.2) is 18.3 Å². The lowest BCUT2D eigenvalue weighted by Gasteiger charge is -2.20. The summed E-state index contributed by atoms with van der Waals surface area (Å²) in [6.45, 7) is 8.72. The molecule has 3 heteroatoms. The average molecular weight is 183 g/mol. The lowest BCUT2D eigenvalue weighted by molar-refractivity contribution is 0.349. The molecular formula is C10H21N3. The van der Waals surface area contributed by atoms with Crippen molar-refractivity contribution in [2.45, 2.75) is 39.5 Å². The van der Waals surface area contributed by atoms with Gasteiger partial charge in [0.1, 0.15) is 0 Å². The first-order valence-electron chi connectivity index (χ1n) is 4.95. The van der Waals surface area contributed by atoms with Crippen LogP contribution in [0.25, 0.3) is 0 Å². The van der Waals surface area contributed by atoms with E-state index in [2.05, 4.69) is 25.7 Å². The maximum atomic E-state index is 5.53. The van der Waals surface area contributed by atoms with Crippen LogP contribution < -0.4 is 5.73 Å². The van der Waals surface area contributed by atoms with Crippen LogP contribution >= 0.6 is 0 Å².